The van der Waals surface area contributed by atoms with Gasteiger partial charge in [0.05, 0.1) is 6.10 Å². The van der Waals surface area contributed by atoms with Crippen LogP contribution in [0.4, 0.5) is 0 Å². The van der Waals surface area contributed by atoms with Crippen molar-refractivity contribution < 1.29 is 5.11 Å². The molecule has 1 aliphatic carbocycles. The quantitative estimate of drug-likeness (QED) is 0.845. The van der Waals surface area contributed by atoms with E-state index in [1.54, 1.807) is 10.4 Å². The van der Waals surface area contributed by atoms with Crippen molar-refractivity contribution in [3.8, 4) is 0 Å². The molecule has 2 atom stereocenters. The first-order valence-corrected chi connectivity index (χ1v) is 7.55. The fourth-order valence-corrected chi connectivity index (χ4v) is 3.57. The monoisotopic (exact) mass is 253 g/mol. The van der Waals surface area contributed by atoms with Crippen molar-refractivity contribution in [3.63, 3.8) is 0 Å². The minimum absolute atomic E-state index is 0.216. The Morgan fingerprint density at radius 2 is 2.18 bits per heavy atom. The SMILES string of the molecule is CCC(O)CNC(C)c1cc2c(s1)CCCC2. The van der Waals surface area contributed by atoms with Crippen LogP contribution in [0.15, 0.2) is 6.07 Å². The van der Waals surface area contributed by atoms with Crippen molar-refractivity contribution in [2.24, 2.45) is 0 Å². The van der Waals surface area contributed by atoms with E-state index < -0.39 is 0 Å². The summed E-state index contributed by atoms with van der Waals surface area (Å²) in [5, 5.41) is 13.0. The van der Waals surface area contributed by atoms with E-state index in [0.717, 1.165) is 6.42 Å². The summed E-state index contributed by atoms with van der Waals surface area (Å²) < 4.78 is 0. The molecule has 0 bridgehead atoms. The van der Waals surface area contributed by atoms with Crippen LogP contribution in [0.25, 0.3) is 0 Å². The Morgan fingerprint density at radius 1 is 1.41 bits per heavy atom. The van der Waals surface area contributed by atoms with E-state index in [4.69, 9.17) is 0 Å². The molecule has 0 spiro atoms. The largest absolute Gasteiger partial charge is 0.392 e. The van der Waals surface area contributed by atoms with Crippen molar-refractivity contribution in [1.82, 2.24) is 5.32 Å². The highest BCUT2D eigenvalue weighted by Crippen LogP contribution is 2.32. The van der Waals surface area contributed by atoms with Crippen LogP contribution in [0, 0.1) is 0 Å². The van der Waals surface area contributed by atoms with Gasteiger partial charge in [-0.05, 0) is 50.7 Å². The first-order valence-electron chi connectivity index (χ1n) is 6.73. The molecule has 2 unspecified atom stereocenters. The van der Waals surface area contributed by atoms with Crippen LogP contribution < -0.4 is 5.32 Å². The molecule has 2 rings (SSSR count). The summed E-state index contributed by atoms with van der Waals surface area (Å²) in [4.78, 5) is 3.02. The van der Waals surface area contributed by atoms with Gasteiger partial charge in [0.15, 0.2) is 0 Å². The number of aliphatic hydroxyl groups excluding tert-OH is 1. The van der Waals surface area contributed by atoms with Crippen LogP contribution in [0.2, 0.25) is 0 Å². The molecular weight excluding hydrogens is 230 g/mol. The number of thiophene rings is 1. The first kappa shape index (κ1) is 13.1. The molecule has 0 aromatic carbocycles. The average molecular weight is 253 g/mol. The molecular formula is C14H23NOS. The molecule has 0 saturated carbocycles. The molecule has 1 aromatic rings. The van der Waals surface area contributed by atoms with Gasteiger partial charge in [-0.1, -0.05) is 6.92 Å². The summed E-state index contributed by atoms with van der Waals surface area (Å²) in [6.45, 7) is 4.90. The Labute approximate surface area is 108 Å². The average Bonchev–Trinajstić information content (AvgIpc) is 2.79. The predicted molar refractivity (Wildman–Crippen MR) is 73.7 cm³/mol. The maximum absolute atomic E-state index is 9.56. The lowest BCUT2D eigenvalue weighted by atomic mass is 9.99. The Kier molecular flexibility index (Phi) is 4.60. The van der Waals surface area contributed by atoms with Crippen LogP contribution >= 0.6 is 11.3 Å². The zero-order valence-corrected chi connectivity index (χ0v) is 11.6. The molecule has 0 amide bonds. The maximum atomic E-state index is 9.56. The Bertz CT molecular complexity index is 338. The van der Waals surface area contributed by atoms with Gasteiger partial charge in [0.2, 0.25) is 0 Å². The molecule has 96 valence electrons. The van der Waals surface area contributed by atoms with Gasteiger partial charge in [0.25, 0.3) is 0 Å². The summed E-state index contributed by atoms with van der Waals surface area (Å²) in [5.74, 6) is 0. The minimum atomic E-state index is -0.216. The van der Waals surface area contributed by atoms with E-state index in [0.29, 0.717) is 12.6 Å². The molecule has 1 heterocycles. The number of hydrogen-bond acceptors (Lipinski definition) is 3. The zero-order chi connectivity index (χ0) is 12.3. The van der Waals surface area contributed by atoms with Crippen LogP contribution in [-0.2, 0) is 12.8 Å². The number of nitrogens with one attached hydrogen (secondary N) is 1. The van der Waals surface area contributed by atoms with Crippen molar-refractivity contribution in [3.05, 3.63) is 21.4 Å². The van der Waals surface area contributed by atoms with Crippen LogP contribution in [0.3, 0.4) is 0 Å². The van der Waals surface area contributed by atoms with Crippen LogP contribution in [0.1, 0.15) is 54.5 Å². The molecule has 17 heavy (non-hydrogen) atoms. The summed E-state index contributed by atoms with van der Waals surface area (Å²) in [6, 6.07) is 2.74. The normalized spacial score (nSPS) is 18.8. The number of hydrogen-bond donors (Lipinski definition) is 2. The smallest absolute Gasteiger partial charge is 0.0662 e. The highest BCUT2D eigenvalue weighted by molar-refractivity contribution is 7.12. The second-order valence-electron chi connectivity index (χ2n) is 5.00. The fourth-order valence-electron chi connectivity index (χ4n) is 2.28. The number of aliphatic hydroxyl groups is 1. The topological polar surface area (TPSA) is 32.3 Å². The zero-order valence-electron chi connectivity index (χ0n) is 10.8. The summed E-state index contributed by atoms with van der Waals surface area (Å²) >= 11 is 1.96. The van der Waals surface area contributed by atoms with Crippen molar-refractivity contribution >= 4 is 11.3 Å². The van der Waals surface area contributed by atoms with Gasteiger partial charge in [0, 0.05) is 22.3 Å². The van der Waals surface area contributed by atoms with Gasteiger partial charge in [-0.2, -0.15) is 0 Å². The standard InChI is InChI=1S/C14H23NOS/c1-3-12(16)9-15-10(2)14-8-11-6-4-5-7-13(11)17-14/h8,10,12,15-16H,3-7,9H2,1-2H3. The number of fused-ring (bicyclic) bond motifs is 1. The lowest BCUT2D eigenvalue weighted by Gasteiger charge is -2.14. The molecule has 2 N–H and O–H groups in total. The predicted octanol–water partition coefficient (Wildman–Crippen LogP) is 3.05. The number of rotatable bonds is 5. The second kappa shape index (κ2) is 5.98. The van der Waals surface area contributed by atoms with E-state index in [9.17, 15) is 5.11 Å². The molecule has 2 nitrogen and oxygen atoms in total. The Morgan fingerprint density at radius 3 is 2.88 bits per heavy atom. The fraction of sp³-hybridized carbons (Fsp3) is 0.714. The lowest BCUT2D eigenvalue weighted by molar-refractivity contribution is 0.164. The molecule has 3 heteroatoms. The third-order valence-corrected chi connectivity index (χ3v) is 4.99. The highest BCUT2D eigenvalue weighted by atomic mass is 32.1. The maximum Gasteiger partial charge on any atom is 0.0662 e. The van der Waals surface area contributed by atoms with Gasteiger partial charge in [0.1, 0.15) is 0 Å². The van der Waals surface area contributed by atoms with Crippen LogP contribution in [-0.4, -0.2) is 17.8 Å². The van der Waals surface area contributed by atoms with Gasteiger partial charge in [-0.15, -0.1) is 11.3 Å². The second-order valence-corrected chi connectivity index (χ2v) is 6.16. The van der Waals surface area contributed by atoms with Crippen molar-refractivity contribution in [2.45, 2.75) is 58.1 Å². The molecule has 0 radical (unpaired) electrons. The molecule has 0 saturated heterocycles. The molecule has 1 aliphatic rings. The van der Waals surface area contributed by atoms with E-state index in [1.807, 2.05) is 18.3 Å². The van der Waals surface area contributed by atoms with E-state index in [1.165, 1.54) is 30.6 Å². The van der Waals surface area contributed by atoms with Gasteiger partial charge >= 0.3 is 0 Å². The Hall–Kier alpha value is -0.380. The third-order valence-electron chi connectivity index (χ3n) is 3.57. The molecule has 1 aromatic heterocycles. The van der Waals surface area contributed by atoms with E-state index in [2.05, 4.69) is 18.3 Å². The van der Waals surface area contributed by atoms with Crippen molar-refractivity contribution in [1.29, 1.82) is 0 Å². The summed E-state index contributed by atoms with van der Waals surface area (Å²) in [7, 11) is 0. The lowest BCUT2D eigenvalue weighted by Crippen LogP contribution is -2.28. The number of aryl methyl sites for hydroxylation is 2. The first-order chi connectivity index (χ1) is 8.20. The van der Waals surface area contributed by atoms with E-state index in [-0.39, 0.29) is 6.10 Å². The summed E-state index contributed by atoms with van der Waals surface area (Å²) in [5.41, 5.74) is 1.57. The minimum Gasteiger partial charge on any atom is -0.392 e. The van der Waals surface area contributed by atoms with Gasteiger partial charge < -0.3 is 10.4 Å². The van der Waals surface area contributed by atoms with E-state index >= 15 is 0 Å². The Balaban J connectivity index is 1.94. The van der Waals surface area contributed by atoms with Gasteiger partial charge in [-0.25, -0.2) is 0 Å². The van der Waals surface area contributed by atoms with Crippen molar-refractivity contribution in [2.75, 3.05) is 6.54 Å². The highest BCUT2D eigenvalue weighted by Gasteiger charge is 2.16. The van der Waals surface area contributed by atoms with Crippen LogP contribution in [0.5, 0.6) is 0 Å². The third kappa shape index (κ3) is 3.30. The van der Waals surface area contributed by atoms with Gasteiger partial charge in [-0.3, -0.25) is 0 Å². The summed E-state index contributed by atoms with van der Waals surface area (Å²) in [6.07, 6.45) is 5.83. The molecule has 0 aliphatic heterocycles. The molecule has 0 fully saturated rings.